The van der Waals surface area contributed by atoms with Crippen molar-refractivity contribution in [1.82, 2.24) is 0 Å². The van der Waals surface area contributed by atoms with Crippen molar-refractivity contribution >= 4 is 10.8 Å². The molecule has 0 bridgehead atoms. The number of fused-ring (bicyclic) bond motifs is 5. The molecule has 2 aliphatic carbocycles. The lowest BCUT2D eigenvalue weighted by molar-refractivity contribution is -0.0470. The maximum Gasteiger partial charge on any atom is 0.123 e. The van der Waals surface area contributed by atoms with Crippen LogP contribution in [0.1, 0.15) is 103 Å². The SMILES string of the molecule is CCCCC1CCC2OCC(C3CCC(CCC)CC3)COc3ccc4ccccc4c3C2C1C. The maximum absolute atomic E-state index is 6.96. The van der Waals surface area contributed by atoms with Crippen LogP contribution in [0.2, 0.25) is 0 Å². The molecule has 2 saturated carbocycles. The van der Waals surface area contributed by atoms with Crippen LogP contribution in [-0.4, -0.2) is 19.3 Å². The van der Waals surface area contributed by atoms with E-state index in [0.717, 1.165) is 36.7 Å². The van der Waals surface area contributed by atoms with Crippen molar-refractivity contribution in [1.29, 1.82) is 0 Å². The predicted octanol–water partition coefficient (Wildman–Crippen LogP) is 9.16. The third-order valence-corrected chi connectivity index (χ3v) is 9.96. The molecule has 1 heterocycles. The van der Waals surface area contributed by atoms with E-state index in [1.165, 1.54) is 87.0 Å². The van der Waals surface area contributed by atoms with E-state index < -0.39 is 0 Å². The van der Waals surface area contributed by atoms with E-state index in [0.29, 0.717) is 23.9 Å². The molecular weight excluding hydrogens is 428 g/mol. The third-order valence-electron chi connectivity index (χ3n) is 9.96. The van der Waals surface area contributed by atoms with Crippen LogP contribution in [0.4, 0.5) is 0 Å². The van der Waals surface area contributed by atoms with Crippen LogP contribution in [-0.2, 0) is 4.74 Å². The monoisotopic (exact) mass is 476 g/mol. The molecule has 0 amide bonds. The van der Waals surface area contributed by atoms with Crippen LogP contribution < -0.4 is 4.74 Å². The number of hydrogen-bond acceptors (Lipinski definition) is 2. The highest BCUT2D eigenvalue weighted by molar-refractivity contribution is 5.88. The minimum absolute atomic E-state index is 0.313. The first-order chi connectivity index (χ1) is 17.2. The molecule has 0 aromatic heterocycles. The third kappa shape index (κ3) is 5.43. The van der Waals surface area contributed by atoms with Gasteiger partial charge in [-0.25, -0.2) is 0 Å². The summed E-state index contributed by atoms with van der Waals surface area (Å²) in [7, 11) is 0. The zero-order chi connectivity index (χ0) is 24.2. The largest absolute Gasteiger partial charge is 0.493 e. The molecule has 0 spiro atoms. The van der Waals surface area contributed by atoms with Gasteiger partial charge < -0.3 is 9.47 Å². The number of unbranched alkanes of at least 4 members (excludes halogenated alkanes) is 1. The van der Waals surface area contributed by atoms with E-state index >= 15 is 0 Å². The molecule has 5 unspecified atom stereocenters. The van der Waals surface area contributed by atoms with Gasteiger partial charge in [-0.15, -0.1) is 0 Å². The van der Waals surface area contributed by atoms with Crippen LogP contribution in [0, 0.1) is 29.6 Å². The maximum atomic E-state index is 6.96. The minimum Gasteiger partial charge on any atom is -0.493 e. The van der Waals surface area contributed by atoms with Gasteiger partial charge >= 0.3 is 0 Å². The van der Waals surface area contributed by atoms with Gasteiger partial charge in [-0.3, -0.25) is 0 Å². The molecule has 2 aromatic carbocycles. The van der Waals surface area contributed by atoms with Crippen LogP contribution in [0.15, 0.2) is 36.4 Å². The fourth-order valence-electron chi connectivity index (χ4n) is 7.83. The van der Waals surface area contributed by atoms with E-state index in [9.17, 15) is 0 Å². The van der Waals surface area contributed by atoms with Gasteiger partial charge in [0.25, 0.3) is 0 Å². The van der Waals surface area contributed by atoms with Crippen molar-refractivity contribution in [3.05, 3.63) is 42.0 Å². The molecule has 3 aliphatic rings. The zero-order valence-corrected chi connectivity index (χ0v) is 22.5. The Morgan fingerprint density at radius 2 is 1.63 bits per heavy atom. The Kier molecular flexibility index (Phi) is 8.38. The number of ether oxygens (including phenoxy) is 2. The Morgan fingerprint density at radius 3 is 2.43 bits per heavy atom. The van der Waals surface area contributed by atoms with E-state index in [2.05, 4.69) is 57.2 Å². The van der Waals surface area contributed by atoms with Gasteiger partial charge in [0, 0.05) is 17.4 Å². The summed E-state index contributed by atoms with van der Waals surface area (Å²) in [6, 6.07) is 13.5. The normalized spacial score (nSPS) is 33.6. The van der Waals surface area contributed by atoms with Crippen molar-refractivity contribution in [3.63, 3.8) is 0 Å². The minimum atomic E-state index is 0.313. The van der Waals surface area contributed by atoms with Gasteiger partial charge in [0.2, 0.25) is 0 Å². The zero-order valence-electron chi connectivity index (χ0n) is 22.5. The summed E-state index contributed by atoms with van der Waals surface area (Å²) in [4.78, 5) is 0. The average molecular weight is 477 g/mol. The van der Waals surface area contributed by atoms with Crippen LogP contribution in [0.5, 0.6) is 5.75 Å². The lowest BCUT2D eigenvalue weighted by Gasteiger charge is -2.42. The molecular formula is C33H48O2. The molecule has 0 saturated heterocycles. The second-order valence-corrected chi connectivity index (χ2v) is 12.1. The predicted molar refractivity (Wildman–Crippen MR) is 147 cm³/mol. The summed E-state index contributed by atoms with van der Waals surface area (Å²) in [6.07, 6.45) is 15.1. The van der Waals surface area contributed by atoms with Gasteiger partial charge in [0.15, 0.2) is 0 Å². The fourth-order valence-corrected chi connectivity index (χ4v) is 7.83. The highest BCUT2D eigenvalue weighted by Gasteiger charge is 2.42. The summed E-state index contributed by atoms with van der Waals surface area (Å²) in [5.74, 6) is 5.19. The molecule has 192 valence electrons. The van der Waals surface area contributed by atoms with Gasteiger partial charge in [-0.05, 0) is 66.2 Å². The van der Waals surface area contributed by atoms with Crippen LogP contribution >= 0.6 is 0 Å². The molecule has 5 rings (SSSR count). The molecule has 2 heteroatoms. The number of hydrogen-bond donors (Lipinski definition) is 0. The van der Waals surface area contributed by atoms with Gasteiger partial charge in [-0.2, -0.15) is 0 Å². The van der Waals surface area contributed by atoms with Gasteiger partial charge in [0.05, 0.1) is 19.3 Å². The van der Waals surface area contributed by atoms with Crippen LogP contribution in [0.25, 0.3) is 10.8 Å². The van der Waals surface area contributed by atoms with Crippen molar-refractivity contribution in [2.45, 2.75) is 103 Å². The summed E-state index contributed by atoms with van der Waals surface area (Å²) in [5.41, 5.74) is 1.44. The first-order valence-corrected chi connectivity index (χ1v) is 15.0. The number of benzene rings is 2. The molecule has 5 atom stereocenters. The smallest absolute Gasteiger partial charge is 0.123 e. The van der Waals surface area contributed by atoms with Crippen LogP contribution in [0.3, 0.4) is 0 Å². The quantitative estimate of drug-likeness (QED) is 0.414. The average Bonchev–Trinajstić information content (AvgIpc) is 2.97. The standard InChI is InChI=1S/C33H48O2/c1-4-6-10-25-17-19-30-32(23(25)3)33-29-12-8-7-11-27(29)18-20-31(33)35-22-28(21-34-30)26-15-13-24(9-5-2)14-16-26/h7-8,11-12,18,20,23-26,28,30,32H,4-6,9-10,13-17,19,21-22H2,1-3H3. The second kappa shape index (κ2) is 11.7. The van der Waals surface area contributed by atoms with Crippen molar-refractivity contribution in [2.24, 2.45) is 29.6 Å². The lowest BCUT2D eigenvalue weighted by Crippen LogP contribution is -2.38. The molecule has 1 aliphatic heterocycles. The Bertz CT molecular complexity index is 943. The van der Waals surface area contributed by atoms with Crippen molar-refractivity contribution < 1.29 is 9.47 Å². The highest BCUT2D eigenvalue weighted by atomic mass is 16.5. The van der Waals surface area contributed by atoms with Crippen molar-refractivity contribution in [3.8, 4) is 5.75 Å². The fraction of sp³-hybridized carbons (Fsp3) is 0.697. The Labute approximate surface area is 214 Å². The van der Waals surface area contributed by atoms with Gasteiger partial charge in [0.1, 0.15) is 5.75 Å². The Balaban J connectivity index is 1.45. The molecule has 0 radical (unpaired) electrons. The molecule has 2 fully saturated rings. The topological polar surface area (TPSA) is 18.5 Å². The number of rotatable bonds is 6. The van der Waals surface area contributed by atoms with E-state index in [1.54, 1.807) is 0 Å². The molecule has 2 aromatic rings. The van der Waals surface area contributed by atoms with E-state index in [-0.39, 0.29) is 0 Å². The van der Waals surface area contributed by atoms with E-state index in [1.807, 2.05) is 0 Å². The van der Waals surface area contributed by atoms with E-state index in [4.69, 9.17) is 9.47 Å². The molecule has 35 heavy (non-hydrogen) atoms. The summed E-state index contributed by atoms with van der Waals surface area (Å²) >= 11 is 0. The highest BCUT2D eigenvalue weighted by Crippen LogP contribution is 2.50. The summed E-state index contributed by atoms with van der Waals surface area (Å²) < 4.78 is 13.7. The Hall–Kier alpha value is -1.54. The first-order valence-electron chi connectivity index (χ1n) is 15.0. The molecule has 0 N–H and O–H groups in total. The summed E-state index contributed by atoms with van der Waals surface area (Å²) in [6.45, 7) is 8.86. The lowest BCUT2D eigenvalue weighted by atomic mass is 9.66. The van der Waals surface area contributed by atoms with Crippen molar-refractivity contribution in [2.75, 3.05) is 13.2 Å². The summed E-state index contributed by atoms with van der Waals surface area (Å²) in [5, 5.41) is 2.71. The second-order valence-electron chi connectivity index (χ2n) is 12.1. The molecule has 2 nitrogen and oxygen atoms in total. The first kappa shape index (κ1) is 25.1. The van der Waals surface area contributed by atoms with Gasteiger partial charge in [-0.1, -0.05) is 96.0 Å². The Morgan fingerprint density at radius 1 is 0.800 bits per heavy atom.